The molecule has 154 valence electrons. The van der Waals surface area contributed by atoms with Crippen LogP contribution in [0.4, 0.5) is 5.95 Å². The van der Waals surface area contributed by atoms with E-state index >= 15 is 0 Å². The van der Waals surface area contributed by atoms with E-state index in [1.54, 1.807) is 6.20 Å². The first-order chi connectivity index (χ1) is 13.8. The van der Waals surface area contributed by atoms with Gasteiger partial charge in [0.05, 0.1) is 19.4 Å². The summed E-state index contributed by atoms with van der Waals surface area (Å²) in [5.41, 5.74) is 2.21. The lowest BCUT2D eigenvalue weighted by atomic mass is 10.1. The number of hydrogen-bond donors (Lipinski definition) is 1. The van der Waals surface area contributed by atoms with Gasteiger partial charge < -0.3 is 14.8 Å². The number of ether oxygens (including phenoxy) is 2. The third-order valence-corrected chi connectivity index (χ3v) is 5.46. The molecule has 4 rings (SSSR count). The molecule has 0 unspecified atom stereocenters. The zero-order chi connectivity index (χ0) is 20.6. The molecule has 9 nitrogen and oxygen atoms in total. The molecule has 3 aromatic rings. The van der Waals surface area contributed by atoms with Crippen molar-refractivity contribution in [3.05, 3.63) is 35.5 Å². The Kier molecular flexibility index (Phi) is 5.03. The van der Waals surface area contributed by atoms with Gasteiger partial charge in [-0.1, -0.05) is 26.0 Å². The molecular weight excluding hydrogens is 394 g/mol. The molecule has 0 fully saturated rings. The fraction of sp³-hybridized carbons (Fsp3) is 0.421. The number of nitrogens with one attached hydrogen (secondary N) is 1. The SMILES string of the molecule is CC(C)c1cnn2c(NCc3cccc4c3OCCCO4)nc(S(C)(=O)=O)nc12. The Hall–Kier alpha value is -2.88. The second-order valence-corrected chi connectivity index (χ2v) is 9.15. The fourth-order valence-electron chi connectivity index (χ4n) is 3.13. The van der Waals surface area contributed by atoms with Crippen molar-refractivity contribution in [1.82, 2.24) is 19.6 Å². The van der Waals surface area contributed by atoms with Crippen LogP contribution in [0.5, 0.6) is 11.5 Å². The van der Waals surface area contributed by atoms with Crippen LogP contribution in [0.3, 0.4) is 0 Å². The van der Waals surface area contributed by atoms with Crippen LogP contribution in [-0.4, -0.2) is 47.5 Å². The van der Waals surface area contributed by atoms with Crippen molar-refractivity contribution in [3.63, 3.8) is 0 Å². The van der Waals surface area contributed by atoms with Gasteiger partial charge in [-0.3, -0.25) is 0 Å². The normalized spacial score (nSPS) is 14.2. The Labute approximate surface area is 169 Å². The molecule has 2 aromatic heterocycles. The van der Waals surface area contributed by atoms with Crippen LogP contribution in [0.25, 0.3) is 5.65 Å². The largest absolute Gasteiger partial charge is 0.490 e. The minimum atomic E-state index is -3.59. The Morgan fingerprint density at radius 1 is 1.21 bits per heavy atom. The molecule has 0 saturated carbocycles. The fourth-order valence-corrected chi connectivity index (χ4v) is 3.63. The van der Waals surface area contributed by atoms with Crippen molar-refractivity contribution >= 4 is 21.4 Å². The third kappa shape index (κ3) is 3.84. The molecule has 10 heteroatoms. The standard InChI is InChI=1S/C19H23N5O4S/c1-12(2)14-11-21-24-17(14)22-19(29(3,25)26)23-18(24)20-10-13-6-4-7-15-16(13)28-9-5-8-27-15/h4,6-7,11-12H,5,8-10H2,1-3H3,(H,20,22,23). The maximum atomic E-state index is 12.1. The molecule has 0 radical (unpaired) electrons. The summed E-state index contributed by atoms with van der Waals surface area (Å²) in [6.07, 6.45) is 3.60. The number of anilines is 1. The summed E-state index contributed by atoms with van der Waals surface area (Å²) in [4.78, 5) is 8.45. The van der Waals surface area contributed by atoms with E-state index < -0.39 is 9.84 Å². The van der Waals surface area contributed by atoms with Gasteiger partial charge >= 0.3 is 0 Å². The van der Waals surface area contributed by atoms with E-state index in [0.29, 0.717) is 42.9 Å². The summed E-state index contributed by atoms with van der Waals surface area (Å²) in [5.74, 6) is 1.83. The van der Waals surface area contributed by atoms with Crippen molar-refractivity contribution in [2.45, 2.75) is 37.9 Å². The Morgan fingerprint density at radius 3 is 2.76 bits per heavy atom. The Morgan fingerprint density at radius 2 is 2.00 bits per heavy atom. The third-order valence-electron chi connectivity index (χ3n) is 4.62. The number of aromatic nitrogens is 4. The van der Waals surface area contributed by atoms with Crippen molar-refractivity contribution < 1.29 is 17.9 Å². The van der Waals surface area contributed by atoms with E-state index in [1.807, 2.05) is 32.0 Å². The minimum Gasteiger partial charge on any atom is -0.490 e. The Balaban J connectivity index is 1.73. The molecular formula is C19H23N5O4S. The van der Waals surface area contributed by atoms with E-state index in [9.17, 15) is 8.42 Å². The molecule has 0 amide bonds. The lowest BCUT2D eigenvalue weighted by Crippen LogP contribution is -2.14. The van der Waals surface area contributed by atoms with Crippen LogP contribution in [0.1, 0.15) is 37.3 Å². The first-order valence-corrected chi connectivity index (χ1v) is 11.3. The molecule has 3 heterocycles. The number of fused-ring (bicyclic) bond motifs is 2. The predicted octanol–water partition coefficient (Wildman–Crippen LogP) is 2.42. The number of benzene rings is 1. The van der Waals surface area contributed by atoms with Crippen LogP contribution in [-0.2, 0) is 16.4 Å². The molecule has 0 bridgehead atoms. The quantitative estimate of drug-likeness (QED) is 0.674. The highest BCUT2D eigenvalue weighted by Gasteiger charge is 2.21. The molecule has 0 atom stereocenters. The van der Waals surface area contributed by atoms with Crippen LogP contribution >= 0.6 is 0 Å². The van der Waals surface area contributed by atoms with Crippen molar-refractivity contribution in [2.75, 3.05) is 24.8 Å². The van der Waals surface area contributed by atoms with Crippen LogP contribution < -0.4 is 14.8 Å². The first-order valence-electron chi connectivity index (χ1n) is 9.41. The van der Waals surface area contributed by atoms with Crippen LogP contribution in [0.15, 0.2) is 29.6 Å². The summed E-state index contributed by atoms with van der Waals surface area (Å²) in [6.45, 7) is 5.56. The van der Waals surface area contributed by atoms with Gasteiger partial charge in [-0.15, -0.1) is 0 Å². The maximum Gasteiger partial charge on any atom is 0.252 e. The average Bonchev–Trinajstić information content (AvgIpc) is 2.96. The van der Waals surface area contributed by atoms with E-state index in [0.717, 1.165) is 23.8 Å². The van der Waals surface area contributed by atoms with Gasteiger partial charge in [0.1, 0.15) is 0 Å². The smallest absolute Gasteiger partial charge is 0.252 e. The lowest BCUT2D eigenvalue weighted by Gasteiger charge is -2.14. The van der Waals surface area contributed by atoms with Gasteiger partial charge in [-0.05, 0) is 12.0 Å². The second kappa shape index (κ2) is 7.51. The molecule has 1 aromatic carbocycles. The van der Waals surface area contributed by atoms with E-state index in [2.05, 4.69) is 20.4 Å². The topological polar surface area (TPSA) is 108 Å². The predicted molar refractivity (Wildman–Crippen MR) is 107 cm³/mol. The van der Waals surface area contributed by atoms with Crippen molar-refractivity contribution in [3.8, 4) is 11.5 Å². The monoisotopic (exact) mass is 417 g/mol. The second-order valence-electron chi connectivity index (χ2n) is 7.24. The average molecular weight is 417 g/mol. The molecule has 1 aliphatic rings. The molecule has 0 saturated heterocycles. The minimum absolute atomic E-state index is 0.137. The van der Waals surface area contributed by atoms with Gasteiger partial charge in [-0.2, -0.15) is 19.6 Å². The van der Waals surface area contributed by atoms with E-state index in [4.69, 9.17) is 9.47 Å². The highest BCUT2D eigenvalue weighted by molar-refractivity contribution is 7.90. The Bertz CT molecular complexity index is 1160. The zero-order valence-corrected chi connectivity index (χ0v) is 17.4. The first kappa shape index (κ1) is 19.4. The summed E-state index contributed by atoms with van der Waals surface area (Å²) in [5, 5.41) is 7.31. The van der Waals surface area contributed by atoms with Gasteiger partial charge in [-0.25, -0.2) is 8.42 Å². The van der Waals surface area contributed by atoms with Gasteiger partial charge in [0.15, 0.2) is 17.1 Å². The van der Waals surface area contributed by atoms with E-state index in [1.165, 1.54) is 4.52 Å². The van der Waals surface area contributed by atoms with E-state index in [-0.39, 0.29) is 11.1 Å². The number of para-hydroxylation sites is 1. The number of nitrogens with zero attached hydrogens (tertiary/aromatic N) is 4. The van der Waals surface area contributed by atoms with Gasteiger partial charge in [0.2, 0.25) is 15.8 Å². The highest BCUT2D eigenvalue weighted by atomic mass is 32.2. The highest BCUT2D eigenvalue weighted by Crippen LogP contribution is 2.33. The van der Waals surface area contributed by atoms with Crippen LogP contribution in [0, 0.1) is 0 Å². The number of rotatable bonds is 5. The number of sulfone groups is 1. The maximum absolute atomic E-state index is 12.1. The molecule has 0 aliphatic carbocycles. The molecule has 1 N–H and O–H groups in total. The summed E-state index contributed by atoms with van der Waals surface area (Å²) < 4.78 is 37.3. The molecule has 1 aliphatic heterocycles. The summed E-state index contributed by atoms with van der Waals surface area (Å²) >= 11 is 0. The number of hydrogen-bond acceptors (Lipinski definition) is 8. The summed E-state index contributed by atoms with van der Waals surface area (Å²) in [7, 11) is -3.59. The summed E-state index contributed by atoms with van der Waals surface area (Å²) in [6, 6.07) is 5.70. The van der Waals surface area contributed by atoms with Gasteiger partial charge in [0, 0.05) is 30.3 Å². The molecule has 29 heavy (non-hydrogen) atoms. The zero-order valence-electron chi connectivity index (χ0n) is 16.5. The lowest BCUT2D eigenvalue weighted by molar-refractivity contribution is 0.296. The van der Waals surface area contributed by atoms with Crippen LogP contribution in [0.2, 0.25) is 0 Å². The van der Waals surface area contributed by atoms with Crippen molar-refractivity contribution in [2.24, 2.45) is 0 Å². The molecule has 0 spiro atoms. The van der Waals surface area contributed by atoms with Gasteiger partial charge in [0.25, 0.3) is 5.16 Å². The van der Waals surface area contributed by atoms with Crippen molar-refractivity contribution in [1.29, 1.82) is 0 Å².